The van der Waals surface area contributed by atoms with Crippen LogP contribution in [0, 0.1) is 0 Å². The third-order valence-electron chi connectivity index (χ3n) is 2.46. The molecule has 0 amide bonds. The van der Waals surface area contributed by atoms with Crippen LogP contribution in [0.5, 0.6) is 0 Å². The summed E-state index contributed by atoms with van der Waals surface area (Å²) in [6.45, 7) is 6.46. The van der Waals surface area contributed by atoms with Crippen molar-refractivity contribution in [3.05, 3.63) is 0 Å². The van der Waals surface area contributed by atoms with Gasteiger partial charge in [-0.25, -0.2) is 0 Å². The first kappa shape index (κ1) is 8.76. The Labute approximate surface area is 69.9 Å². The van der Waals surface area contributed by atoms with Crippen molar-refractivity contribution in [3.8, 4) is 0 Å². The van der Waals surface area contributed by atoms with Gasteiger partial charge in [0.15, 0.2) is 0 Å². The van der Waals surface area contributed by atoms with Gasteiger partial charge >= 0.3 is 0 Å². The topological polar surface area (TPSA) is 12.4 Å². The second-order valence-electron chi connectivity index (χ2n) is 3.89. The van der Waals surface area contributed by atoms with E-state index in [1.54, 1.807) is 0 Å². The van der Waals surface area contributed by atoms with Gasteiger partial charge < -0.3 is 0 Å². The normalized spacial score (nSPS) is 20.6. The van der Waals surface area contributed by atoms with Gasteiger partial charge in [-0.1, -0.05) is 13.3 Å². The summed E-state index contributed by atoms with van der Waals surface area (Å²) >= 11 is 0. The molecule has 11 heavy (non-hydrogen) atoms. The lowest BCUT2D eigenvalue weighted by Crippen LogP contribution is -2.35. The zero-order valence-corrected chi connectivity index (χ0v) is 7.98. The summed E-state index contributed by atoms with van der Waals surface area (Å²) in [6.07, 6.45) is 6.60. The maximum absolute atomic E-state index is 4.72. The molecule has 0 bridgehead atoms. The first-order valence-electron chi connectivity index (χ1n) is 4.71. The van der Waals surface area contributed by atoms with E-state index in [0.717, 1.165) is 0 Å². The lowest BCUT2D eigenvalue weighted by Gasteiger charge is -2.38. The number of hydrogen-bond donors (Lipinski definition) is 0. The summed E-state index contributed by atoms with van der Waals surface area (Å²) in [4.78, 5) is 4.72. The number of hydrogen-bond acceptors (Lipinski definition) is 1. The highest BCUT2D eigenvalue weighted by Gasteiger charge is 2.34. The van der Waals surface area contributed by atoms with Crippen molar-refractivity contribution in [2.45, 2.75) is 58.4 Å². The molecule has 0 heterocycles. The van der Waals surface area contributed by atoms with Gasteiger partial charge in [0.05, 0.1) is 5.54 Å². The Hall–Kier alpha value is -0.330. The summed E-state index contributed by atoms with van der Waals surface area (Å²) in [5, 5.41) is 0. The lowest BCUT2D eigenvalue weighted by molar-refractivity contribution is 0.233. The maximum atomic E-state index is 4.72. The quantitative estimate of drug-likeness (QED) is 0.552. The molecule has 1 nitrogen and oxygen atoms in total. The smallest absolute Gasteiger partial charge is 0.0607 e. The molecule has 0 aromatic carbocycles. The van der Waals surface area contributed by atoms with Crippen LogP contribution in [-0.4, -0.2) is 11.3 Å². The molecule has 0 atom stereocenters. The highest BCUT2D eigenvalue weighted by molar-refractivity contribution is 5.79. The SMILES string of the molecule is CCCC1(N=C(C)C)CCC1. The second kappa shape index (κ2) is 3.38. The summed E-state index contributed by atoms with van der Waals surface area (Å²) < 4.78 is 0. The first-order valence-corrected chi connectivity index (χ1v) is 4.71. The Morgan fingerprint density at radius 3 is 2.27 bits per heavy atom. The van der Waals surface area contributed by atoms with E-state index in [1.807, 2.05) is 0 Å². The maximum Gasteiger partial charge on any atom is 0.0607 e. The molecule has 0 aromatic rings. The fourth-order valence-electron chi connectivity index (χ4n) is 1.94. The van der Waals surface area contributed by atoms with Crippen LogP contribution in [0.4, 0.5) is 0 Å². The monoisotopic (exact) mass is 153 g/mol. The van der Waals surface area contributed by atoms with Gasteiger partial charge in [-0.3, -0.25) is 4.99 Å². The molecule has 1 fully saturated rings. The van der Waals surface area contributed by atoms with E-state index < -0.39 is 0 Å². The van der Waals surface area contributed by atoms with Crippen LogP contribution in [0.2, 0.25) is 0 Å². The largest absolute Gasteiger partial charge is 0.288 e. The van der Waals surface area contributed by atoms with E-state index in [1.165, 1.54) is 37.8 Å². The zero-order valence-electron chi connectivity index (χ0n) is 7.98. The minimum absolute atomic E-state index is 0.383. The average Bonchev–Trinajstić information content (AvgIpc) is 1.82. The highest BCUT2D eigenvalue weighted by Crippen LogP contribution is 2.39. The van der Waals surface area contributed by atoms with Crippen LogP contribution in [-0.2, 0) is 0 Å². The molecule has 0 N–H and O–H groups in total. The highest BCUT2D eigenvalue weighted by atomic mass is 14.9. The summed E-state index contributed by atoms with van der Waals surface area (Å²) in [7, 11) is 0. The molecule has 0 spiro atoms. The van der Waals surface area contributed by atoms with Gasteiger partial charge in [0.2, 0.25) is 0 Å². The molecule has 1 aliphatic carbocycles. The predicted molar refractivity (Wildman–Crippen MR) is 50.3 cm³/mol. The van der Waals surface area contributed by atoms with Crippen LogP contribution >= 0.6 is 0 Å². The van der Waals surface area contributed by atoms with Crippen LogP contribution in [0.25, 0.3) is 0 Å². The lowest BCUT2D eigenvalue weighted by atomic mass is 9.74. The number of nitrogens with zero attached hydrogens (tertiary/aromatic N) is 1. The first-order chi connectivity index (χ1) is 5.18. The van der Waals surface area contributed by atoms with E-state index in [0.29, 0.717) is 5.54 Å². The Morgan fingerprint density at radius 1 is 1.36 bits per heavy atom. The van der Waals surface area contributed by atoms with Crippen molar-refractivity contribution >= 4 is 5.71 Å². The summed E-state index contributed by atoms with van der Waals surface area (Å²) in [6, 6.07) is 0. The molecule has 0 aliphatic heterocycles. The molecule has 1 saturated carbocycles. The van der Waals surface area contributed by atoms with Gasteiger partial charge in [0, 0.05) is 5.71 Å². The van der Waals surface area contributed by atoms with Gasteiger partial charge in [-0.2, -0.15) is 0 Å². The fourth-order valence-corrected chi connectivity index (χ4v) is 1.94. The summed E-state index contributed by atoms with van der Waals surface area (Å²) in [5.41, 5.74) is 1.63. The molecule has 64 valence electrons. The van der Waals surface area contributed by atoms with E-state index in [4.69, 9.17) is 4.99 Å². The molecule has 0 unspecified atom stereocenters. The molecule has 1 heteroatoms. The van der Waals surface area contributed by atoms with Crippen molar-refractivity contribution in [1.29, 1.82) is 0 Å². The Bertz CT molecular complexity index is 150. The molecule has 0 aromatic heterocycles. The molecule has 0 radical (unpaired) electrons. The zero-order chi connectivity index (χ0) is 8.32. The molecule has 1 aliphatic rings. The van der Waals surface area contributed by atoms with Crippen molar-refractivity contribution < 1.29 is 0 Å². The average molecular weight is 153 g/mol. The van der Waals surface area contributed by atoms with Crippen LogP contribution in [0.15, 0.2) is 4.99 Å². The fraction of sp³-hybridized carbons (Fsp3) is 0.900. The van der Waals surface area contributed by atoms with E-state index >= 15 is 0 Å². The number of aliphatic imine (C=N–C) groups is 1. The van der Waals surface area contributed by atoms with Gasteiger partial charge in [-0.05, 0) is 39.5 Å². The third-order valence-corrected chi connectivity index (χ3v) is 2.46. The van der Waals surface area contributed by atoms with Crippen molar-refractivity contribution in [1.82, 2.24) is 0 Å². The molecular formula is C10H19N. The van der Waals surface area contributed by atoms with Gasteiger partial charge in [-0.15, -0.1) is 0 Å². The van der Waals surface area contributed by atoms with E-state index in [-0.39, 0.29) is 0 Å². The predicted octanol–water partition coefficient (Wildman–Crippen LogP) is 3.19. The standard InChI is InChI=1S/C10H19N/c1-4-6-10(7-5-8-10)11-9(2)3/h4-8H2,1-3H3. The Balaban J connectivity index is 2.53. The van der Waals surface area contributed by atoms with Crippen LogP contribution < -0.4 is 0 Å². The van der Waals surface area contributed by atoms with Crippen molar-refractivity contribution in [3.63, 3.8) is 0 Å². The minimum atomic E-state index is 0.383. The molecule has 0 saturated heterocycles. The Morgan fingerprint density at radius 2 is 2.00 bits per heavy atom. The van der Waals surface area contributed by atoms with E-state index in [9.17, 15) is 0 Å². The van der Waals surface area contributed by atoms with E-state index in [2.05, 4.69) is 20.8 Å². The van der Waals surface area contributed by atoms with Crippen molar-refractivity contribution in [2.24, 2.45) is 4.99 Å². The van der Waals surface area contributed by atoms with Gasteiger partial charge in [0.25, 0.3) is 0 Å². The van der Waals surface area contributed by atoms with Crippen LogP contribution in [0.1, 0.15) is 52.9 Å². The second-order valence-corrected chi connectivity index (χ2v) is 3.89. The Kier molecular flexibility index (Phi) is 2.69. The van der Waals surface area contributed by atoms with Crippen molar-refractivity contribution in [2.75, 3.05) is 0 Å². The van der Waals surface area contributed by atoms with Gasteiger partial charge in [0.1, 0.15) is 0 Å². The minimum Gasteiger partial charge on any atom is -0.288 e. The molecular weight excluding hydrogens is 134 g/mol. The number of rotatable bonds is 3. The third kappa shape index (κ3) is 2.05. The molecule has 1 rings (SSSR count). The van der Waals surface area contributed by atoms with Crippen LogP contribution in [0.3, 0.4) is 0 Å². The summed E-state index contributed by atoms with van der Waals surface area (Å²) in [5.74, 6) is 0.